The average molecular weight is 202 g/mol. The van der Waals surface area contributed by atoms with Gasteiger partial charge < -0.3 is 5.32 Å². The summed E-state index contributed by atoms with van der Waals surface area (Å²) in [6.07, 6.45) is -4.50. The summed E-state index contributed by atoms with van der Waals surface area (Å²) in [4.78, 5) is 11.0. The van der Waals surface area contributed by atoms with Crippen LogP contribution in [-0.4, -0.2) is 12.1 Å². The van der Waals surface area contributed by atoms with Crippen molar-refractivity contribution in [1.29, 1.82) is 0 Å². The maximum absolute atomic E-state index is 11.7. The molecule has 0 unspecified atom stereocenters. The highest BCUT2D eigenvalue weighted by atomic mass is 19.4. The van der Waals surface area contributed by atoms with Gasteiger partial charge in [0.1, 0.15) is 0 Å². The fourth-order valence-electron chi connectivity index (χ4n) is 0.820. The van der Waals surface area contributed by atoms with Crippen LogP contribution in [0.5, 0.6) is 0 Å². The van der Waals surface area contributed by atoms with E-state index in [1.165, 1.54) is 12.1 Å². The number of hydrogen-bond acceptors (Lipinski definition) is 1. The van der Waals surface area contributed by atoms with Gasteiger partial charge in [-0.3, -0.25) is 4.79 Å². The molecule has 1 radical (unpaired) electrons. The van der Waals surface area contributed by atoms with Gasteiger partial charge in [-0.05, 0) is 12.1 Å². The molecule has 1 aromatic rings. The average Bonchev–Trinajstić information content (AvgIpc) is 2.14. The molecule has 0 aliphatic rings. The molecular weight excluding hydrogens is 195 g/mol. The van der Waals surface area contributed by atoms with E-state index in [1.54, 1.807) is 23.5 Å². The van der Waals surface area contributed by atoms with Crippen LogP contribution in [0.3, 0.4) is 0 Å². The first-order chi connectivity index (χ1) is 6.49. The quantitative estimate of drug-likeness (QED) is 0.782. The molecule has 1 rings (SSSR count). The molecule has 0 saturated carbocycles. The highest BCUT2D eigenvalue weighted by Gasteiger charge is 2.28. The molecule has 0 fully saturated rings. The Morgan fingerprint density at radius 2 is 1.79 bits per heavy atom. The normalized spacial score (nSPS) is 11.1. The Balaban J connectivity index is 2.52. The lowest BCUT2D eigenvalue weighted by molar-refractivity contribution is -0.100. The Bertz CT molecular complexity index is 308. The van der Waals surface area contributed by atoms with Gasteiger partial charge in [0.15, 0.2) is 6.54 Å². The molecule has 5 heteroatoms. The summed E-state index contributed by atoms with van der Waals surface area (Å²) >= 11 is 0. The minimum Gasteiger partial charge on any atom is -0.338 e. The number of benzene rings is 1. The number of hydrogen-bond donors (Lipinski definition) is 1. The number of halogens is 3. The van der Waals surface area contributed by atoms with E-state index in [4.69, 9.17) is 0 Å². The molecular formula is C9H7F3NO. The number of nitrogens with one attached hydrogen (secondary N) is 1. The number of rotatable bonds is 2. The van der Waals surface area contributed by atoms with Gasteiger partial charge in [-0.2, -0.15) is 13.2 Å². The second-order valence-electron chi connectivity index (χ2n) is 2.53. The van der Waals surface area contributed by atoms with Crippen LogP contribution < -0.4 is 5.32 Å². The maximum atomic E-state index is 11.7. The van der Waals surface area contributed by atoms with Crippen molar-refractivity contribution in [3.8, 4) is 0 Å². The van der Waals surface area contributed by atoms with E-state index in [2.05, 4.69) is 0 Å². The fraction of sp³-hybridized carbons (Fsp3) is 0.111. The van der Waals surface area contributed by atoms with Crippen LogP contribution in [0.4, 0.5) is 13.2 Å². The number of carbonyl (C=O) groups excluding carboxylic acids is 1. The SMILES string of the molecule is O=C(N[CH]C(F)(F)F)c1ccccc1. The topological polar surface area (TPSA) is 29.1 Å². The van der Waals surface area contributed by atoms with Crippen LogP contribution in [0, 0.1) is 6.54 Å². The van der Waals surface area contributed by atoms with Crippen LogP contribution in [0.1, 0.15) is 10.4 Å². The predicted octanol–water partition coefficient (Wildman–Crippen LogP) is 2.14. The minimum atomic E-state index is -4.50. The zero-order chi connectivity index (χ0) is 10.6. The Morgan fingerprint density at radius 3 is 2.29 bits per heavy atom. The van der Waals surface area contributed by atoms with E-state index < -0.39 is 12.1 Å². The first kappa shape index (κ1) is 10.6. The molecule has 0 spiro atoms. The van der Waals surface area contributed by atoms with Crippen LogP contribution in [-0.2, 0) is 0 Å². The van der Waals surface area contributed by atoms with E-state index in [0.717, 1.165) is 0 Å². The van der Waals surface area contributed by atoms with Gasteiger partial charge >= 0.3 is 6.18 Å². The standard InChI is InChI=1S/C9H7F3NO/c10-9(11,12)6-13-8(14)7-4-2-1-3-5-7/h1-6H,(H,13,14). The van der Waals surface area contributed by atoms with Gasteiger partial charge in [-0.15, -0.1) is 0 Å². The lowest BCUT2D eigenvalue weighted by Crippen LogP contribution is -2.28. The van der Waals surface area contributed by atoms with Gasteiger partial charge in [0, 0.05) is 5.56 Å². The van der Waals surface area contributed by atoms with Crippen LogP contribution in [0.25, 0.3) is 0 Å². The Morgan fingerprint density at radius 1 is 1.21 bits per heavy atom. The van der Waals surface area contributed by atoms with E-state index in [-0.39, 0.29) is 12.1 Å². The van der Waals surface area contributed by atoms with Crippen LogP contribution >= 0.6 is 0 Å². The van der Waals surface area contributed by atoms with Crippen molar-refractivity contribution in [2.24, 2.45) is 0 Å². The fourth-order valence-corrected chi connectivity index (χ4v) is 0.820. The Hall–Kier alpha value is -1.52. The zero-order valence-electron chi connectivity index (χ0n) is 7.01. The van der Waals surface area contributed by atoms with Crippen molar-refractivity contribution in [2.45, 2.75) is 6.18 Å². The van der Waals surface area contributed by atoms with E-state index >= 15 is 0 Å². The third kappa shape index (κ3) is 3.47. The third-order valence-corrected chi connectivity index (χ3v) is 1.40. The zero-order valence-corrected chi connectivity index (χ0v) is 7.01. The molecule has 0 aromatic heterocycles. The van der Waals surface area contributed by atoms with Gasteiger partial charge in [0.25, 0.3) is 5.91 Å². The van der Waals surface area contributed by atoms with Gasteiger partial charge in [-0.1, -0.05) is 18.2 Å². The van der Waals surface area contributed by atoms with Crippen molar-refractivity contribution in [2.75, 3.05) is 0 Å². The monoisotopic (exact) mass is 202 g/mol. The van der Waals surface area contributed by atoms with E-state index in [0.29, 0.717) is 0 Å². The van der Waals surface area contributed by atoms with Crippen molar-refractivity contribution in [3.05, 3.63) is 42.4 Å². The molecule has 1 N–H and O–H groups in total. The molecule has 0 heterocycles. The van der Waals surface area contributed by atoms with Crippen LogP contribution in [0.15, 0.2) is 30.3 Å². The van der Waals surface area contributed by atoms with Gasteiger partial charge in [0.2, 0.25) is 0 Å². The van der Waals surface area contributed by atoms with E-state index in [9.17, 15) is 18.0 Å². The molecule has 0 saturated heterocycles. The Kier molecular flexibility index (Phi) is 3.11. The summed E-state index contributed by atoms with van der Waals surface area (Å²) in [7, 11) is 0. The maximum Gasteiger partial charge on any atom is 0.411 e. The van der Waals surface area contributed by atoms with Gasteiger partial charge in [-0.25, -0.2) is 0 Å². The predicted molar refractivity (Wildman–Crippen MR) is 44.3 cm³/mol. The molecule has 0 aliphatic heterocycles. The third-order valence-electron chi connectivity index (χ3n) is 1.40. The summed E-state index contributed by atoms with van der Waals surface area (Å²) in [5, 5.41) is 1.65. The Labute approximate surface area is 78.7 Å². The first-order valence-electron chi connectivity index (χ1n) is 3.76. The van der Waals surface area contributed by atoms with Crippen molar-refractivity contribution >= 4 is 5.91 Å². The van der Waals surface area contributed by atoms with Crippen molar-refractivity contribution in [1.82, 2.24) is 5.32 Å². The lowest BCUT2D eigenvalue weighted by Gasteiger charge is -2.06. The van der Waals surface area contributed by atoms with Crippen molar-refractivity contribution in [3.63, 3.8) is 0 Å². The first-order valence-corrected chi connectivity index (χ1v) is 3.76. The second-order valence-corrected chi connectivity index (χ2v) is 2.53. The molecule has 75 valence electrons. The summed E-state index contributed by atoms with van der Waals surface area (Å²) in [5.74, 6) is -0.775. The highest BCUT2D eigenvalue weighted by Crippen LogP contribution is 2.16. The molecule has 14 heavy (non-hydrogen) atoms. The molecule has 0 bridgehead atoms. The second kappa shape index (κ2) is 4.13. The van der Waals surface area contributed by atoms with Crippen LogP contribution in [0.2, 0.25) is 0 Å². The number of carbonyl (C=O) groups is 1. The number of alkyl halides is 3. The highest BCUT2D eigenvalue weighted by molar-refractivity contribution is 5.94. The molecule has 0 atom stereocenters. The summed E-state index contributed by atoms with van der Waals surface area (Å²) in [5.41, 5.74) is 0.188. The molecule has 1 aromatic carbocycles. The lowest BCUT2D eigenvalue weighted by atomic mass is 10.2. The molecule has 2 nitrogen and oxygen atoms in total. The molecule has 1 amide bonds. The van der Waals surface area contributed by atoms with Crippen molar-refractivity contribution < 1.29 is 18.0 Å². The summed E-state index contributed by atoms with van der Waals surface area (Å²) in [6, 6.07) is 7.67. The smallest absolute Gasteiger partial charge is 0.338 e. The summed E-state index contributed by atoms with van der Waals surface area (Å²) in [6.45, 7) is -0.192. The van der Waals surface area contributed by atoms with E-state index in [1.807, 2.05) is 0 Å². The molecule has 0 aliphatic carbocycles. The van der Waals surface area contributed by atoms with Gasteiger partial charge in [0.05, 0.1) is 0 Å². The minimum absolute atomic E-state index is 0.188. The largest absolute Gasteiger partial charge is 0.411 e. The number of amides is 1. The summed E-state index contributed by atoms with van der Waals surface area (Å²) < 4.78 is 35.0.